The molecule has 3 rings (SSSR count). The number of rotatable bonds is 2. The SMILES string of the molecule is N#C[C@H]1[C@H](O)[C@@H](CO)O[C@H]1n1cnc2c(Cl)nc(N)nc21. The summed E-state index contributed by atoms with van der Waals surface area (Å²) in [5, 5.41) is 28.5. The number of aliphatic hydroxyl groups excluding tert-OH is 2. The van der Waals surface area contributed by atoms with Crippen LogP contribution >= 0.6 is 11.6 Å². The van der Waals surface area contributed by atoms with E-state index in [9.17, 15) is 15.5 Å². The fraction of sp³-hybridized carbons (Fsp3) is 0.455. The van der Waals surface area contributed by atoms with Crippen molar-refractivity contribution in [1.82, 2.24) is 19.5 Å². The number of aromatic nitrogens is 4. The van der Waals surface area contributed by atoms with E-state index in [4.69, 9.17) is 22.1 Å². The standard InChI is InChI=1S/C11H11ClN6O3/c12-8-6-9(17-11(14)16-8)18(3-15-6)10-4(1-13)7(20)5(2-19)21-10/h3-5,7,10,19-20H,2H2,(H2,14,16,17)/t4-,5+,7-,10+/m0/s1. The molecule has 0 amide bonds. The number of aliphatic hydroxyl groups is 2. The first-order chi connectivity index (χ1) is 10.1. The smallest absolute Gasteiger partial charge is 0.223 e. The van der Waals surface area contributed by atoms with Crippen molar-refractivity contribution in [2.75, 3.05) is 12.3 Å². The summed E-state index contributed by atoms with van der Waals surface area (Å²) in [5.41, 5.74) is 6.16. The van der Waals surface area contributed by atoms with Gasteiger partial charge >= 0.3 is 0 Å². The van der Waals surface area contributed by atoms with Crippen molar-refractivity contribution in [1.29, 1.82) is 5.26 Å². The van der Waals surface area contributed by atoms with E-state index in [0.717, 1.165) is 0 Å². The van der Waals surface area contributed by atoms with Gasteiger partial charge in [-0.3, -0.25) is 4.57 Å². The highest BCUT2D eigenvalue weighted by Crippen LogP contribution is 2.36. The predicted octanol–water partition coefficient (Wildman–Crippen LogP) is -0.548. The molecule has 21 heavy (non-hydrogen) atoms. The number of nitrogens with two attached hydrogens (primary N) is 1. The monoisotopic (exact) mass is 310 g/mol. The van der Waals surface area contributed by atoms with Crippen LogP contribution in [-0.2, 0) is 4.74 Å². The van der Waals surface area contributed by atoms with Gasteiger partial charge in [0, 0.05) is 0 Å². The minimum atomic E-state index is -1.11. The van der Waals surface area contributed by atoms with Crippen molar-refractivity contribution in [2.24, 2.45) is 5.92 Å². The number of hydrogen-bond acceptors (Lipinski definition) is 8. The van der Waals surface area contributed by atoms with Crippen LogP contribution in [0, 0.1) is 17.2 Å². The lowest BCUT2D eigenvalue weighted by Crippen LogP contribution is -2.28. The Hall–Kier alpha value is -1.99. The second-order valence-corrected chi connectivity index (χ2v) is 4.95. The number of halogens is 1. The molecule has 0 unspecified atom stereocenters. The predicted molar refractivity (Wildman–Crippen MR) is 70.9 cm³/mol. The number of fused-ring (bicyclic) bond motifs is 1. The lowest BCUT2D eigenvalue weighted by atomic mass is 10.0. The van der Waals surface area contributed by atoms with E-state index in [2.05, 4.69) is 15.0 Å². The van der Waals surface area contributed by atoms with Gasteiger partial charge in [-0.15, -0.1) is 0 Å². The molecule has 9 nitrogen and oxygen atoms in total. The van der Waals surface area contributed by atoms with E-state index in [1.807, 2.05) is 6.07 Å². The van der Waals surface area contributed by atoms with Crippen LogP contribution in [0.25, 0.3) is 11.2 Å². The summed E-state index contributed by atoms with van der Waals surface area (Å²) in [6, 6.07) is 1.97. The number of ether oxygens (including phenoxy) is 1. The number of hydrogen-bond donors (Lipinski definition) is 3. The zero-order valence-corrected chi connectivity index (χ0v) is 11.3. The third-order valence-electron chi connectivity index (χ3n) is 3.37. The highest BCUT2D eigenvalue weighted by molar-refractivity contribution is 6.33. The van der Waals surface area contributed by atoms with Crippen molar-refractivity contribution in [2.45, 2.75) is 18.4 Å². The summed E-state index contributed by atoms with van der Waals surface area (Å²) in [7, 11) is 0. The molecule has 10 heteroatoms. The zero-order chi connectivity index (χ0) is 15.1. The summed E-state index contributed by atoms with van der Waals surface area (Å²) in [5.74, 6) is -0.922. The summed E-state index contributed by atoms with van der Waals surface area (Å²) < 4.78 is 6.97. The van der Waals surface area contributed by atoms with E-state index >= 15 is 0 Å². The summed E-state index contributed by atoms with van der Waals surface area (Å²) >= 11 is 5.94. The lowest BCUT2D eigenvalue weighted by Gasteiger charge is -2.15. The Labute approximate surface area is 123 Å². The van der Waals surface area contributed by atoms with Crippen LogP contribution in [0.3, 0.4) is 0 Å². The van der Waals surface area contributed by atoms with Gasteiger partial charge in [0.15, 0.2) is 17.0 Å². The molecule has 1 saturated heterocycles. The maximum Gasteiger partial charge on any atom is 0.223 e. The summed E-state index contributed by atoms with van der Waals surface area (Å²) in [6.45, 7) is -0.402. The highest BCUT2D eigenvalue weighted by atomic mass is 35.5. The van der Waals surface area contributed by atoms with Crippen molar-refractivity contribution in [3.8, 4) is 6.07 Å². The van der Waals surface area contributed by atoms with Crippen LogP contribution < -0.4 is 5.73 Å². The van der Waals surface area contributed by atoms with Crippen molar-refractivity contribution < 1.29 is 14.9 Å². The van der Waals surface area contributed by atoms with Crippen LogP contribution in [0.5, 0.6) is 0 Å². The fourth-order valence-corrected chi connectivity index (χ4v) is 2.58. The number of imidazole rings is 1. The molecule has 0 radical (unpaired) electrons. The molecule has 0 aliphatic carbocycles. The maximum atomic E-state index is 9.97. The van der Waals surface area contributed by atoms with Crippen LogP contribution in [0.1, 0.15) is 6.23 Å². The molecule has 0 aromatic carbocycles. The Bertz CT molecular complexity index is 729. The van der Waals surface area contributed by atoms with Crippen LogP contribution in [0.2, 0.25) is 5.15 Å². The largest absolute Gasteiger partial charge is 0.394 e. The number of nitrogens with zero attached hydrogens (tertiary/aromatic N) is 5. The molecular weight excluding hydrogens is 300 g/mol. The average Bonchev–Trinajstić information content (AvgIpc) is 2.99. The first-order valence-corrected chi connectivity index (χ1v) is 6.44. The first-order valence-electron chi connectivity index (χ1n) is 6.06. The summed E-state index contributed by atoms with van der Waals surface area (Å²) in [4.78, 5) is 11.9. The van der Waals surface area contributed by atoms with E-state index in [1.54, 1.807) is 0 Å². The molecule has 110 valence electrons. The Morgan fingerprint density at radius 1 is 1.52 bits per heavy atom. The van der Waals surface area contributed by atoms with Gasteiger partial charge < -0.3 is 20.7 Å². The second kappa shape index (κ2) is 5.09. The third-order valence-corrected chi connectivity index (χ3v) is 3.63. The molecule has 0 saturated carbocycles. The first kappa shape index (κ1) is 14.0. The van der Waals surface area contributed by atoms with Gasteiger partial charge in [-0.25, -0.2) is 4.98 Å². The Kier molecular flexibility index (Phi) is 3.38. The molecular formula is C11H11ClN6O3. The van der Waals surface area contributed by atoms with E-state index in [0.29, 0.717) is 11.2 Å². The molecule has 1 aliphatic rings. The lowest BCUT2D eigenvalue weighted by molar-refractivity contribution is -0.0441. The van der Waals surface area contributed by atoms with Gasteiger partial charge in [0.25, 0.3) is 0 Å². The molecule has 4 N–H and O–H groups in total. The average molecular weight is 311 g/mol. The van der Waals surface area contributed by atoms with Gasteiger partial charge in [-0.05, 0) is 0 Å². The topological polar surface area (TPSA) is 143 Å². The van der Waals surface area contributed by atoms with E-state index in [-0.39, 0.29) is 11.1 Å². The van der Waals surface area contributed by atoms with Crippen molar-refractivity contribution in [3.63, 3.8) is 0 Å². The Morgan fingerprint density at radius 2 is 2.29 bits per heavy atom. The number of anilines is 1. The number of nitriles is 1. The minimum Gasteiger partial charge on any atom is -0.394 e. The quantitative estimate of drug-likeness (QED) is 0.627. The zero-order valence-electron chi connectivity index (χ0n) is 10.6. The molecule has 3 heterocycles. The van der Waals surface area contributed by atoms with Gasteiger partial charge in [-0.2, -0.15) is 15.2 Å². The van der Waals surface area contributed by atoms with E-state index in [1.165, 1.54) is 10.9 Å². The van der Waals surface area contributed by atoms with Crippen molar-refractivity contribution >= 4 is 28.7 Å². The normalized spacial score (nSPS) is 28.9. The Morgan fingerprint density at radius 3 is 2.95 bits per heavy atom. The fourth-order valence-electron chi connectivity index (χ4n) is 2.36. The molecule has 4 atom stereocenters. The van der Waals surface area contributed by atoms with Crippen LogP contribution in [0.15, 0.2) is 6.33 Å². The van der Waals surface area contributed by atoms with Crippen molar-refractivity contribution in [3.05, 3.63) is 11.5 Å². The van der Waals surface area contributed by atoms with Gasteiger partial charge in [0.1, 0.15) is 23.6 Å². The molecule has 2 aromatic rings. The Balaban J connectivity index is 2.10. The third kappa shape index (κ3) is 2.09. The van der Waals surface area contributed by atoms with Gasteiger partial charge in [0.2, 0.25) is 5.95 Å². The maximum absolute atomic E-state index is 9.97. The molecule has 0 bridgehead atoms. The van der Waals surface area contributed by atoms with E-state index < -0.39 is 31.0 Å². The summed E-state index contributed by atoms with van der Waals surface area (Å²) in [6.07, 6.45) is -1.44. The highest BCUT2D eigenvalue weighted by Gasteiger charge is 2.45. The van der Waals surface area contributed by atoms with Gasteiger partial charge in [-0.1, -0.05) is 11.6 Å². The molecule has 2 aromatic heterocycles. The van der Waals surface area contributed by atoms with Gasteiger partial charge in [0.05, 0.1) is 19.0 Å². The molecule has 0 spiro atoms. The number of nitrogen functional groups attached to an aromatic ring is 1. The minimum absolute atomic E-state index is 0.0417. The second-order valence-electron chi connectivity index (χ2n) is 4.59. The molecule has 1 fully saturated rings. The van der Waals surface area contributed by atoms with Crippen LogP contribution in [0.4, 0.5) is 5.95 Å². The van der Waals surface area contributed by atoms with Crippen LogP contribution in [-0.4, -0.2) is 48.5 Å². The molecule has 1 aliphatic heterocycles.